The number of methoxy groups -OCH3 is 1. The highest BCUT2D eigenvalue weighted by Crippen LogP contribution is 2.12. The first-order valence-corrected chi connectivity index (χ1v) is 6.00. The highest BCUT2D eigenvalue weighted by atomic mass is 79.9. The quantitative estimate of drug-likeness (QED) is 0.844. The molecule has 1 aromatic rings. The molecule has 1 amide bonds. The van der Waals surface area contributed by atoms with Gasteiger partial charge in [-0.2, -0.15) is 0 Å². The molecule has 0 radical (unpaired) electrons. The van der Waals surface area contributed by atoms with Crippen LogP contribution in [0.2, 0.25) is 0 Å². The van der Waals surface area contributed by atoms with Crippen molar-refractivity contribution in [1.82, 2.24) is 9.88 Å². The number of hydrogen-bond acceptors (Lipinski definition) is 3. The number of nitrogens with one attached hydrogen (secondary N) is 1. The van der Waals surface area contributed by atoms with Gasteiger partial charge in [-0.05, 0) is 28.4 Å². The molecule has 0 spiro atoms. The molecule has 1 rings (SSSR count). The fourth-order valence-electron chi connectivity index (χ4n) is 1.36. The number of amides is 1. The average Bonchev–Trinajstić information content (AvgIpc) is 2.74. The molecule has 0 aromatic carbocycles. The van der Waals surface area contributed by atoms with Crippen molar-refractivity contribution in [3.8, 4) is 0 Å². The number of ether oxygens (including phenoxy) is 1. The summed E-state index contributed by atoms with van der Waals surface area (Å²) in [7, 11) is 3.06. The van der Waals surface area contributed by atoms with E-state index >= 15 is 0 Å². The molecule has 0 fully saturated rings. The first kappa shape index (κ1) is 13.8. The summed E-state index contributed by atoms with van der Waals surface area (Å²) in [5.74, 6) is -0.353. The normalized spacial score (nSPS) is 10.1. The Bertz CT molecular complexity index is 403. The first-order chi connectivity index (χ1) is 8.04. The molecule has 0 unspecified atom stereocenters. The van der Waals surface area contributed by atoms with Gasteiger partial charge in [-0.15, -0.1) is 0 Å². The van der Waals surface area contributed by atoms with Gasteiger partial charge >= 0.3 is 5.97 Å². The second-order valence-corrected chi connectivity index (χ2v) is 4.55. The highest BCUT2D eigenvalue weighted by Gasteiger charge is 2.13. The van der Waals surface area contributed by atoms with Gasteiger partial charge < -0.3 is 14.6 Å². The lowest BCUT2D eigenvalue weighted by molar-refractivity contribution is -0.140. The van der Waals surface area contributed by atoms with Crippen molar-refractivity contribution < 1.29 is 14.3 Å². The van der Waals surface area contributed by atoms with E-state index in [-0.39, 0.29) is 11.9 Å². The third kappa shape index (κ3) is 4.22. The number of hydrogen-bond donors (Lipinski definition) is 1. The van der Waals surface area contributed by atoms with Crippen LogP contribution in [0.1, 0.15) is 23.3 Å². The fourth-order valence-corrected chi connectivity index (χ4v) is 1.70. The van der Waals surface area contributed by atoms with E-state index in [1.807, 2.05) is 0 Å². The zero-order chi connectivity index (χ0) is 12.8. The number of carbonyl (C=O) groups is 2. The number of nitrogens with zero attached hydrogens (tertiary/aromatic N) is 1. The van der Waals surface area contributed by atoms with Crippen molar-refractivity contribution in [2.45, 2.75) is 12.8 Å². The van der Waals surface area contributed by atoms with E-state index < -0.39 is 0 Å². The van der Waals surface area contributed by atoms with Gasteiger partial charge in [0.15, 0.2) is 0 Å². The molecule has 6 heteroatoms. The molecule has 94 valence electrons. The molecule has 0 aliphatic rings. The molecular formula is C11H15BrN2O3. The smallest absolute Gasteiger partial charge is 0.305 e. The lowest BCUT2D eigenvalue weighted by Gasteiger charge is -2.15. The lowest BCUT2D eigenvalue weighted by Crippen LogP contribution is -2.28. The number of aromatic nitrogens is 1. The minimum Gasteiger partial charge on any atom is -0.469 e. The summed E-state index contributed by atoms with van der Waals surface area (Å²) in [5.41, 5.74) is 0.525. The molecule has 17 heavy (non-hydrogen) atoms. The van der Waals surface area contributed by atoms with E-state index in [1.165, 1.54) is 7.11 Å². The van der Waals surface area contributed by atoms with E-state index in [0.29, 0.717) is 25.1 Å². The first-order valence-electron chi connectivity index (χ1n) is 5.20. The van der Waals surface area contributed by atoms with Crippen LogP contribution in [0.25, 0.3) is 0 Å². The van der Waals surface area contributed by atoms with Crippen molar-refractivity contribution in [2.24, 2.45) is 0 Å². The lowest BCUT2D eigenvalue weighted by atomic mass is 10.3. The van der Waals surface area contributed by atoms with Crippen LogP contribution >= 0.6 is 15.9 Å². The zero-order valence-corrected chi connectivity index (χ0v) is 11.4. The SMILES string of the molecule is COC(=O)CCCN(C)C(=O)c1cc(Br)c[nH]1. The number of esters is 1. The Morgan fingerprint density at radius 2 is 2.24 bits per heavy atom. The predicted octanol–water partition coefficient (Wildman–Crippen LogP) is 1.80. The maximum atomic E-state index is 11.9. The minimum absolute atomic E-state index is 0.0967. The topological polar surface area (TPSA) is 62.4 Å². The summed E-state index contributed by atoms with van der Waals surface area (Å²) >= 11 is 3.27. The molecule has 1 N–H and O–H groups in total. The van der Waals surface area contributed by atoms with Gasteiger partial charge in [0, 0.05) is 30.7 Å². The number of carbonyl (C=O) groups excluding carboxylic acids is 2. The van der Waals surface area contributed by atoms with Crippen LogP contribution in [-0.2, 0) is 9.53 Å². The van der Waals surface area contributed by atoms with Crippen molar-refractivity contribution in [3.05, 3.63) is 22.4 Å². The number of H-pyrrole nitrogens is 1. The van der Waals surface area contributed by atoms with Gasteiger partial charge in [-0.25, -0.2) is 0 Å². The summed E-state index contributed by atoms with van der Waals surface area (Å²) in [6.07, 6.45) is 2.62. The van der Waals surface area contributed by atoms with E-state index in [0.717, 1.165) is 4.47 Å². The summed E-state index contributed by atoms with van der Waals surface area (Å²) in [6, 6.07) is 1.72. The second-order valence-electron chi connectivity index (χ2n) is 3.64. The van der Waals surface area contributed by atoms with Crippen LogP contribution in [0.5, 0.6) is 0 Å². The van der Waals surface area contributed by atoms with Crippen LogP contribution in [0, 0.1) is 0 Å². The standard InChI is InChI=1S/C11H15BrN2O3/c1-14(5-3-4-10(15)17-2)11(16)9-6-8(12)7-13-9/h6-7,13H,3-5H2,1-2H3. The van der Waals surface area contributed by atoms with Gasteiger partial charge in [0.05, 0.1) is 7.11 Å². The number of rotatable bonds is 5. The molecular weight excluding hydrogens is 288 g/mol. The van der Waals surface area contributed by atoms with Crippen molar-refractivity contribution >= 4 is 27.8 Å². The molecule has 0 bridgehead atoms. The summed E-state index contributed by atoms with van der Waals surface area (Å²) in [6.45, 7) is 0.518. The Labute approximate surface area is 108 Å². The Kier molecular flexibility index (Phi) is 5.21. The monoisotopic (exact) mass is 302 g/mol. The number of aromatic amines is 1. The third-order valence-corrected chi connectivity index (χ3v) is 2.78. The summed E-state index contributed by atoms with van der Waals surface area (Å²) in [4.78, 5) is 27.2. The van der Waals surface area contributed by atoms with Gasteiger partial charge in [0.2, 0.25) is 0 Å². The van der Waals surface area contributed by atoms with Crippen LogP contribution in [0.4, 0.5) is 0 Å². The number of halogens is 1. The third-order valence-electron chi connectivity index (χ3n) is 2.33. The van der Waals surface area contributed by atoms with Crippen molar-refractivity contribution in [1.29, 1.82) is 0 Å². The van der Waals surface area contributed by atoms with Crippen LogP contribution < -0.4 is 0 Å². The molecule has 0 aliphatic carbocycles. The second kappa shape index (κ2) is 6.44. The Hall–Kier alpha value is -1.30. The predicted molar refractivity (Wildman–Crippen MR) is 66.7 cm³/mol. The van der Waals surface area contributed by atoms with Crippen LogP contribution in [-0.4, -0.2) is 42.5 Å². The summed E-state index contributed by atoms with van der Waals surface area (Å²) < 4.78 is 5.36. The zero-order valence-electron chi connectivity index (χ0n) is 9.83. The molecule has 1 aromatic heterocycles. The van der Waals surface area contributed by atoms with Gasteiger partial charge in [0.1, 0.15) is 5.69 Å². The molecule has 0 aliphatic heterocycles. The fraction of sp³-hybridized carbons (Fsp3) is 0.455. The van der Waals surface area contributed by atoms with Crippen LogP contribution in [0.15, 0.2) is 16.7 Å². The summed E-state index contributed by atoms with van der Waals surface area (Å²) in [5, 5.41) is 0. The molecule has 0 saturated carbocycles. The van der Waals surface area contributed by atoms with E-state index in [4.69, 9.17) is 0 Å². The Morgan fingerprint density at radius 3 is 2.76 bits per heavy atom. The minimum atomic E-state index is -0.256. The Morgan fingerprint density at radius 1 is 1.53 bits per heavy atom. The van der Waals surface area contributed by atoms with Crippen LogP contribution in [0.3, 0.4) is 0 Å². The molecule has 5 nitrogen and oxygen atoms in total. The molecule has 0 atom stereocenters. The molecule has 1 heterocycles. The van der Waals surface area contributed by atoms with Crippen molar-refractivity contribution in [2.75, 3.05) is 20.7 Å². The van der Waals surface area contributed by atoms with E-state index in [2.05, 4.69) is 25.7 Å². The van der Waals surface area contributed by atoms with E-state index in [1.54, 1.807) is 24.2 Å². The van der Waals surface area contributed by atoms with E-state index in [9.17, 15) is 9.59 Å². The maximum absolute atomic E-state index is 11.9. The van der Waals surface area contributed by atoms with Gasteiger partial charge in [0.25, 0.3) is 5.91 Å². The largest absolute Gasteiger partial charge is 0.469 e. The maximum Gasteiger partial charge on any atom is 0.305 e. The van der Waals surface area contributed by atoms with Gasteiger partial charge in [-0.3, -0.25) is 9.59 Å². The van der Waals surface area contributed by atoms with Gasteiger partial charge in [-0.1, -0.05) is 0 Å². The molecule has 0 saturated heterocycles. The Balaban J connectivity index is 2.40. The van der Waals surface area contributed by atoms with Crippen molar-refractivity contribution in [3.63, 3.8) is 0 Å². The highest BCUT2D eigenvalue weighted by molar-refractivity contribution is 9.10. The average molecular weight is 303 g/mol.